The lowest BCUT2D eigenvalue weighted by molar-refractivity contribution is -0.0591. The predicted molar refractivity (Wildman–Crippen MR) is 87.0 cm³/mol. The van der Waals surface area contributed by atoms with Gasteiger partial charge >= 0.3 is 6.72 Å². The highest BCUT2D eigenvalue weighted by molar-refractivity contribution is 8.07. The van der Waals surface area contributed by atoms with Crippen molar-refractivity contribution in [2.45, 2.75) is 24.5 Å². The Morgan fingerprint density at radius 2 is 2.09 bits per heavy atom. The van der Waals surface area contributed by atoms with E-state index in [2.05, 4.69) is 4.98 Å². The molecule has 2 aliphatic heterocycles. The summed E-state index contributed by atoms with van der Waals surface area (Å²) in [5.41, 5.74) is 1.28. The molecule has 0 spiro atoms. The molecule has 0 bridgehead atoms. The van der Waals surface area contributed by atoms with E-state index in [1.165, 1.54) is 6.33 Å². The molecule has 0 aliphatic carbocycles. The number of hydrogen-bond acceptors (Lipinski definition) is 6. The van der Waals surface area contributed by atoms with Crippen molar-refractivity contribution in [2.24, 2.45) is 0 Å². The average molecular weight is 397 g/mol. The summed E-state index contributed by atoms with van der Waals surface area (Å²) < 4.78 is 17.8. The first-order valence-electron chi connectivity index (χ1n) is 6.66. The van der Waals surface area contributed by atoms with E-state index in [-0.39, 0.29) is 6.61 Å². The molecular formula is C12H11Cl2N2O5PS. The van der Waals surface area contributed by atoms with Crippen LogP contribution in [0.1, 0.15) is 6.23 Å². The van der Waals surface area contributed by atoms with Crippen molar-refractivity contribution in [3.8, 4) is 0 Å². The van der Waals surface area contributed by atoms with E-state index in [9.17, 15) is 10.00 Å². The quantitative estimate of drug-likeness (QED) is 0.714. The van der Waals surface area contributed by atoms with Gasteiger partial charge in [-0.05, 0) is 23.9 Å². The molecule has 3 unspecified atom stereocenters. The van der Waals surface area contributed by atoms with Gasteiger partial charge in [0.05, 0.1) is 34.0 Å². The molecule has 0 amide bonds. The molecule has 0 saturated carbocycles. The van der Waals surface area contributed by atoms with Crippen LogP contribution in [0.15, 0.2) is 18.5 Å². The van der Waals surface area contributed by atoms with Gasteiger partial charge in [-0.25, -0.2) is 4.98 Å². The van der Waals surface area contributed by atoms with Crippen molar-refractivity contribution in [1.82, 2.24) is 9.55 Å². The minimum Gasteiger partial charge on any atom is -0.386 e. The maximum absolute atomic E-state index is 10.5. The largest absolute Gasteiger partial charge is 0.386 e. The van der Waals surface area contributed by atoms with E-state index in [4.69, 9.17) is 48.8 Å². The Kier molecular flexibility index (Phi) is 3.96. The average Bonchev–Trinajstić information content (AvgIpc) is 3.01. The lowest BCUT2D eigenvalue weighted by Crippen LogP contribution is -2.39. The van der Waals surface area contributed by atoms with E-state index >= 15 is 0 Å². The lowest BCUT2D eigenvalue weighted by Gasteiger charge is -2.30. The SMILES string of the molecule is O[C@H]1C2OP(O)(=S)OCC2O[C@H]1n1cnc2cc(Cl)c(Cl)cc21. The fourth-order valence-electron chi connectivity index (χ4n) is 2.79. The number of aliphatic hydroxyl groups is 1. The molecule has 2 aromatic rings. The van der Waals surface area contributed by atoms with Crippen LogP contribution < -0.4 is 0 Å². The zero-order valence-corrected chi connectivity index (χ0v) is 14.6. The smallest absolute Gasteiger partial charge is 0.325 e. The zero-order valence-electron chi connectivity index (χ0n) is 11.4. The van der Waals surface area contributed by atoms with Crippen molar-refractivity contribution in [2.75, 3.05) is 6.61 Å². The van der Waals surface area contributed by atoms with Crippen LogP contribution in [-0.4, -0.2) is 44.5 Å². The van der Waals surface area contributed by atoms with Crippen LogP contribution in [0.5, 0.6) is 0 Å². The minimum atomic E-state index is -3.33. The fraction of sp³-hybridized carbons (Fsp3) is 0.417. The van der Waals surface area contributed by atoms with Gasteiger partial charge in [0.15, 0.2) is 6.23 Å². The summed E-state index contributed by atoms with van der Waals surface area (Å²) in [6.45, 7) is -3.27. The number of nitrogens with zero attached hydrogens (tertiary/aromatic N) is 2. The predicted octanol–water partition coefficient (Wildman–Crippen LogP) is 2.23. The monoisotopic (exact) mass is 396 g/mol. The molecule has 2 saturated heterocycles. The Labute approximate surface area is 145 Å². The fourth-order valence-corrected chi connectivity index (χ4v) is 4.55. The van der Waals surface area contributed by atoms with Gasteiger partial charge in [0.25, 0.3) is 0 Å². The second kappa shape index (κ2) is 5.62. The molecule has 7 nitrogen and oxygen atoms in total. The molecule has 2 aliphatic rings. The number of fused-ring (bicyclic) bond motifs is 2. The molecule has 4 rings (SSSR count). The number of hydrogen-bond donors (Lipinski definition) is 2. The molecule has 5 atom stereocenters. The summed E-state index contributed by atoms with van der Waals surface area (Å²) in [6.07, 6.45) is -1.56. The number of ether oxygens (including phenoxy) is 1. The van der Waals surface area contributed by atoms with Crippen LogP contribution in [0.25, 0.3) is 11.0 Å². The van der Waals surface area contributed by atoms with Gasteiger partial charge in [0, 0.05) is 0 Å². The van der Waals surface area contributed by atoms with Crippen LogP contribution in [-0.2, 0) is 25.6 Å². The van der Waals surface area contributed by atoms with Gasteiger partial charge in [-0.1, -0.05) is 23.2 Å². The number of aliphatic hydroxyl groups excluding tert-OH is 1. The van der Waals surface area contributed by atoms with E-state index in [0.29, 0.717) is 21.1 Å². The van der Waals surface area contributed by atoms with Gasteiger partial charge in [-0.3, -0.25) is 4.52 Å². The van der Waals surface area contributed by atoms with Crippen LogP contribution in [0, 0.1) is 0 Å². The summed E-state index contributed by atoms with van der Waals surface area (Å²) in [5, 5.41) is 11.3. The van der Waals surface area contributed by atoms with E-state index in [0.717, 1.165) is 0 Å². The Bertz CT molecular complexity index is 833. The van der Waals surface area contributed by atoms with Gasteiger partial charge in [-0.15, -0.1) is 0 Å². The number of benzene rings is 1. The van der Waals surface area contributed by atoms with Gasteiger partial charge < -0.3 is 23.8 Å². The molecule has 2 fully saturated rings. The van der Waals surface area contributed by atoms with Crippen LogP contribution >= 0.6 is 29.9 Å². The van der Waals surface area contributed by atoms with Gasteiger partial charge in [0.2, 0.25) is 0 Å². The maximum atomic E-state index is 10.5. The molecule has 1 aromatic heterocycles. The molecule has 23 heavy (non-hydrogen) atoms. The van der Waals surface area contributed by atoms with E-state index < -0.39 is 31.3 Å². The molecule has 2 N–H and O–H groups in total. The summed E-state index contributed by atoms with van der Waals surface area (Å²) in [4.78, 5) is 14.0. The molecule has 3 heterocycles. The number of halogens is 2. The third-order valence-electron chi connectivity index (χ3n) is 3.86. The summed E-state index contributed by atoms with van der Waals surface area (Å²) >= 11 is 16.9. The van der Waals surface area contributed by atoms with E-state index in [1.54, 1.807) is 16.7 Å². The third kappa shape index (κ3) is 2.72. The molecule has 1 aromatic carbocycles. The normalized spacial score (nSPS) is 37.2. The first-order valence-corrected chi connectivity index (χ1v) is 10.0. The van der Waals surface area contributed by atoms with Crippen LogP contribution in [0.4, 0.5) is 0 Å². The Hall–Kier alpha value is -0.280. The number of aromatic nitrogens is 2. The zero-order chi connectivity index (χ0) is 16.4. The summed E-state index contributed by atoms with van der Waals surface area (Å²) in [6, 6.07) is 3.29. The molecule has 0 radical (unpaired) electrons. The highest BCUT2D eigenvalue weighted by Gasteiger charge is 2.51. The minimum absolute atomic E-state index is 0.0607. The van der Waals surface area contributed by atoms with E-state index in [1.807, 2.05) is 0 Å². The first kappa shape index (κ1) is 16.2. The molecule has 124 valence electrons. The second-order valence-electron chi connectivity index (χ2n) is 5.30. The first-order chi connectivity index (χ1) is 10.9. The van der Waals surface area contributed by atoms with Crippen LogP contribution in [0.3, 0.4) is 0 Å². The number of rotatable bonds is 1. The van der Waals surface area contributed by atoms with Crippen LogP contribution in [0.2, 0.25) is 10.0 Å². The molecule has 11 heteroatoms. The third-order valence-corrected chi connectivity index (χ3v) is 6.14. The number of imidazole rings is 1. The van der Waals surface area contributed by atoms with Crippen molar-refractivity contribution in [3.63, 3.8) is 0 Å². The summed E-state index contributed by atoms with van der Waals surface area (Å²) in [7, 11) is 0. The Morgan fingerprint density at radius 1 is 1.35 bits per heavy atom. The standard InChI is InChI=1S/C12H11Cl2N2O5PS/c13-5-1-7-8(2-6(5)14)16(4-15-7)12-10(17)11-9(20-12)3-19-22(18,23)21-11/h1-2,4,9-12,17H,3H2,(H,18,23)/t9?,10-,11?,12+,22?/m0/s1. The second-order valence-corrected chi connectivity index (χ2v) is 8.90. The Morgan fingerprint density at radius 3 is 2.87 bits per heavy atom. The maximum Gasteiger partial charge on any atom is 0.325 e. The molecular weight excluding hydrogens is 386 g/mol. The highest BCUT2D eigenvalue weighted by atomic mass is 35.5. The Balaban J connectivity index is 1.72. The van der Waals surface area contributed by atoms with Crippen molar-refractivity contribution >= 4 is 52.8 Å². The van der Waals surface area contributed by atoms with Gasteiger partial charge in [0.1, 0.15) is 18.3 Å². The van der Waals surface area contributed by atoms with Gasteiger partial charge in [-0.2, -0.15) is 0 Å². The lowest BCUT2D eigenvalue weighted by atomic mass is 10.1. The van der Waals surface area contributed by atoms with Crippen molar-refractivity contribution in [1.29, 1.82) is 0 Å². The topological polar surface area (TPSA) is 86.0 Å². The van der Waals surface area contributed by atoms with Crippen molar-refractivity contribution in [3.05, 3.63) is 28.5 Å². The highest BCUT2D eigenvalue weighted by Crippen LogP contribution is 2.53. The summed E-state index contributed by atoms with van der Waals surface area (Å²) in [5.74, 6) is 0. The van der Waals surface area contributed by atoms with Crippen molar-refractivity contribution < 1.29 is 23.8 Å².